The molecule has 0 amide bonds. The Morgan fingerprint density at radius 3 is 1.96 bits per heavy atom. The van der Waals surface area contributed by atoms with E-state index < -0.39 is 11.5 Å². The van der Waals surface area contributed by atoms with Gasteiger partial charge < -0.3 is 24.1 Å². The van der Waals surface area contributed by atoms with Crippen LogP contribution in [0.2, 0.25) is 0 Å². The van der Waals surface area contributed by atoms with E-state index in [0.29, 0.717) is 6.42 Å². The molecule has 0 saturated heterocycles. The summed E-state index contributed by atoms with van der Waals surface area (Å²) in [6, 6.07) is 0. The van der Waals surface area contributed by atoms with Crippen molar-refractivity contribution in [2.75, 3.05) is 28.4 Å². The fourth-order valence-corrected chi connectivity index (χ4v) is 2.08. The lowest BCUT2D eigenvalue weighted by Crippen LogP contribution is -2.06. The Morgan fingerprint density at radius 1 is 0.957 bits per heavy atom. The van der Waals surface area contributed by atoms with Gasteiger partial charge in [-0.1, -0.05) is 19.3 Å². The monoisotopic (exact) mass is 322 g/mol. The number of rotatable bonds is 7. The van der Waals surface area contributed by atoms with Crippen molar-refractivity contribution in [2.24, 2.45) is 0 Å². The van der Waals surface area contributed by atoms with Gasteiger partial charge in [-0.2, -0.15) is 0 Å². The smallest absolute Gasteiger partial charge is 0.243 e. The summed E-state index contributed by atoms with van der Waals surface area (Å²) in [5.41, 5.74) is -0.106. The van der Waals surface area contributed by atoms with Gasteiger partial charge in [-0.3, -0.25) is 4.79 Å². The van der Waals surface area contributed by atoms with Crippen molar-refractivity contribution in [2.45, 2.75) is 26.2 Å². The number of phenolic OH excluding ortho intramolecular Hbond substituents is 1. The maximum atomic E-state index is 12.4. The minimum atomic E-state index is -0.574. The van der Waals surface area contributed by atoms with Gasteiger partial charge in [0.25, 0.3) is 0 Å². The zero-order chi connectivity index (χ0) is 17.4. The molecule has 0 aliphatic heterocycles. The summed E-state index contributed by atoms with van der Waals surface area (Å²) < 4.78 is 20.8. The quantitative estimate of drug-likeness (QED) is 0.360. The Morgan fingerprint density at radius 2 is 1.48 bits per heavy atom. The van der Waals surface area contributed by atoms with Crippen LogP contribution in [0.1, 0.15) is 36.5 Å². The SMILES string of the molecule is CCCCC#CC(=O)c1c(O)c(OC)c(OC)c(OC)c1OC. The van der Waals surface area contributed by atoms with Gasteiger partial charge in [-0.25, -0.2) is 0 Å². The number of aromatic hydroxyl groups is 1. The number of Topliss-reactive ketones (excluding diaryl/α,β-unsaturated/α-hetero) is 1. The molecular formula is C17H22O6. The Balaban J connectivity index is 3.51. The van der Waals surface area contributed by atoms with Crippen LogP contribution in [0.3, 0.4) is 0 Å². The van der Waals surface area contributed by atoms with Gasteiger partial charge in [-0.15, -0.1) is 0 Å². The normalized spacial score (nSPS) is 9.61. The number of unbranched alkanes of at least 4 members (excludes halogenated alkanes) is 2. The number of ether oxygens (including phenoxy) is 4. The second kappa shape index (κ2) is 8.79. The van der Waals surface area contributed by atoms with Gasteiger partial charge >= 0.3 is 0 Å². The van der Waals surface area contributed by atoms with Crippen LogP contribution in [0.25, 0.3) is 0 Å². The summed E-state index contributed by atoms with van der Waals surface area (Å²) in [5.74, 6) is 4.67. The first-order valence-corrected chi connectivity index (χ1v) is 7.19. The molecule has 0 fully saturated rings. The predicted octanol–water partition coefficient (Wildman–Crippen LogP) is 2.80. The Kier molecular flexibility index (Phi) is 7.07. The molecule has 126 valence electrons. The van der Waals surface area contributed by atoms with Gasteiger partial charge in [0.15, 0.2) is 11.5 Å². The zero-order valence-corrected chi connectivity index (χ0v) is 14.1. The molecule has 0 aliphatic rings. The summed E-state index contributed by atoms with van der Waals surface area (Å²) in [6.07, 6.45) is 2.50. The first-order valence-electron chi connectivity index (χ1n) is 7.19. The summed E-state index contributed by atoms with van der Waals surface area (Å²) in [5, 5.41) is 10.4. The molecule has 0 saturated carbocycles. The molecule has 0 aliphatic carbocycles. The molecule has 0 heterocycles. The van der Waals surface area contributed by atoms with Crippen molar-refractivity contribution in [3.63, 3.8) is 0 Å². The van der Waals surface area contributed by atoms with Crippen molar-refractivity contribution in [3.05, 3.63) is 5.56 Å². The van der Waals surface area contributed by atoms with E-state index in [1.54, 1.807) is 0 Å². The fourth-order valence-electron chi connectivity index (χ4n) is 2.08. The minimum absolute atomic E-state index is 0.0103. The average molecular weight is 322 g/mol. The van der Waals surface area contributed by atoms with Crippen molar-refractivity contribution in [1.82, 2.24) is 0 Å². The van der Waals surface area contributed by atoms with Crippen LogP contribution in [-0.2, 0) is 0 Å². The van der Waals surface area contributed by atoms with Crippen molar-refractivity contribution >= 4 is 5.78 Å². The second-order valence-electron chi connectivity index (χ2n) is 4.59. The molecular weight excluding hydrogens is 300 g/mol. The second-order valence-corrected chi connectivity index (χ2v) is 4.59. The summed E-state index contributed by atoms with van der Waals surface area (Å²) >= 11 is 0. The van der Waals surface area contributed by atoms with Gasteiger partial charge in [0.05, 0.1) is 28.4 Å². The lowest BCUT2D eigenvalue weighted by atomic mass is 10.1. The van der Waals surface area contributed by atoms with E-state index in [2.05, 4.69) is 11.8 Å². The first-order chi connectivity index (χ1) is 11.1. The number of hydrogen-bond acceptors (Lipinski definition) is 6. The van der Waals surface area contributed by atoms with Crippen LogP contribution in [0, 0.1) is 11.8 Å². The summed E-state index contributed by atoms with van der Waals surface area (Å²) in [4.78, 5) is 12.4. The van der Waals surface area contributed by atoms with Crippen LogP contribution in [0.5, 0.6) is 28.7 Å². The van der Waals surface area contributed by atoms with Crippen LogP contribution < -0.4 is 18.9 Å². The van der Waals surface area contributed by atoms with Crippen molar-refractivity contribution in [3.8, 4) is 40.6 Å². The van der Waals surface area contributed by atoms with Crippen LogP contribution in [0.15, 0.2) is 0 Å². The highest BCUT2D eigenvalue weighted by Gasteiger charge is 2.30. The molecule has 0 atom stereocenters. The number of carbonyl (C=O) groups is 1. The number of ketones is 1. The molecule has 0 spiro atoms. The van der Waals surface area contributed by atoms with Gasteiger partial charge in [0.1, 0.15) is 5.56 Å². The number of hydrogen-bond donors (Lipinski definition) is 1. The van der Waals surface area contributed by atoms with E-state index in [0.717, 1.165) is 12.8 Å². The Bertz CT molecular complexity index is 624. The van der Waals surface area contributed by atoms with E-state index in [4.69, 9.17) is 18.9 Å². The Labute approximate surface area is 136 Å². The fraction of sp³-hybridized carbons (Fsp3) is 0.471. The van der Waals surface area contributed by atoms with Crippen LogP contribution >= 0.6 is 0 Å². The highest BCUT2D eigenvalue weighted by molar-refractivity contribution is 6.14. The average Bonchev–Trinajstić information content (AvgIpc) is 2.56. The molecule has 1 rings (SSSR count). The van der Waals surface area contributed by atoms with E-state index >= 15 is 0 Å². The molecule has 0 bridgehead atoms. The molecule has 6 heteroatoms. The minimum Gasteiger partial charge on any atom is -0.504 e. The number of methoxy groups -OCH3 is 4. The molecule has 0 aromatic heterocycles. The van der Waals surface area contributed by atoms with E-state index in [1.165, 1.54) is 28.4 Å². The highest BCUT2D eigenvalue weighted by Crippen LogP contribution is 2.52. The zero-order valence-electron chi connectivity index (χ0n) is 14.1. The molecule has 23 heavy (non-hydrogen) atoms. The number of carbonyl (C=O) groups excluding carboxylic acids is 1. The van der Waals surface area contributed by atoms with E-state index in [1.807, 2.05) is 6.92 Å². The Hall–Kier alpha value is -2.55. The standard InChI is InChI=1S/C17H22O6/c1-6-7-8-9-10-11(18)12-13(19)15(21-3)17(23-5)16(22-4)14(12)20-2/h19H,6-8H2,1-5H3. The van der Waals surface area contributed by atoms with Gasteiger partial charge in [-0.05, 0) is 12.3 Å². The lowest BCUT2D eigenvalue weighted by Gasteiger charge is -2.18. The molecule has 1 aromatic carbocycles. The molecule has 6 nitrogen and oxygen atoms in total. The molecule has 1 N–H and O–H groups in total. The van der Waals surface area contributed by atoms with Gasteiger partial charge in [0.2, 0.25) is 23.0 Å². The number of benzene rings is 1. The third-order valence-electron chi connectivity index (χ3n) is 3.20. The summed E-state index contributed by atoms with van der Waals surface area (Å²) in [7, 11) is 5.51. The summed E-state index contributed by atoms with van der Waals surface area (Å²) in [6.45, 7) is 2.04. The topological polar surface area (TPSA) is 74.2 Å². The van der Waals surface area contributed by atoms with Gasteiger partial charge in [0, 0.05) is 6.42 Å². The van der Waals surface area contributed by atoms with Crippen LogP contribution in [-0.4, -0.2) is 39.3 Å². The lowest BCUT2D eigenvalue weighted by molar-refractivity contribution is 0.104. The maximum Gasteiger partial charge on any atom is 0.243 e. The third kappa shape index (κ3) is 3.81. The van der Waals surface area contributed by atoms with E-state index in [9.17, 15) is 9.90 Å². The molecule has 0 radical (unpaired) electrons. The molecule has 0 unspecified atom stereocenters. The largest absolute Gasteiger partial charge is 0.504 e. The number of phenols is 1. The van der Waals surface area contributed by atoms with Crippen molar-refractivity contribution < 1.29 is 28.8 Å². The first kappa shape index (κ1) is 18.5. The third-order valence-corrected chi connectivity index (χ3v) is 3.20. The van der Waals surface area contributed by atoms with Crippen molar-refractivity contribution in [1.29, 1.82) is 0 Å². The maximum absolute atomic E-state index is 12.4. The molecule has 1 aromatic rings. The predicted molar refractivity (Wildman–Crippen MR) is 85.9 cm³/mol. The van der Waals surface area contributed by atoms with Crippen LogP contribution in [0.4, 0.5) is 0 Å². The van der Waals surface area contributed by atoms with E-state index in [-0.39, 0.29) is 28.6 Å². The highest BCUT2D eigenvalue weighted by atomic mass is 16.5.